The number of ketones is 2. The third-order valence-corrected chi connectivity index (χ3v) is 11.4. The monoisotopic (exact) mass is 718 g/mol. The van der Waals surface area contributed by atoms with E-state index in [4.69, 9.17) is 9.47 Å². The summed E-state index contributed by atoms with van der Waals surface area (Å²) < 4.78 is 98.0. The molecule has 1 aliphatic heterocycles. The van der Waals surface area contributed by atoms with E-state index in [1.54, 1.807) is 12.1 Å². The lowest BCUT2D eigenvalue weighted by Crippen LogP contribution is -2.60. The summed E-state index contributed by atoms with van der Waals surface area (Å²) in [6, 6.07) is 13.8. The minimum absolute atomic E-state index is 0.00607. The second-order valence-corrected chi connectivity index (χ2v) is 16.8. The Morgan fingerprint density at radius 1 is 0.979 bits per heavy atom. The van der Waals surface area contributed by atoms with Crippen molar-refractivity contribution in [3.63, 3.8) is 0 Å². The Labute approximate surface area is 279 Å². The Bertz CT molecular complexity index is 2180. The minimum atomic E-state index is -4.60. The van der Waals surface area contributed by atoms with E-state index >= 15 is 0 Å². The molecule has 2 unspecified atom stereocenters. The van der Waals surface area contributed by atoms with Crippen molar-refractivity contribution in [1.29, 1.82) is 0 Å². The number of nitrogens with zero attached hydrogens (tertiary/aromatic N) is 1. The molecule has 3 aromatic rings. The van der Waals surface area contributed by atoms with Crippen LogP contribution in [0.15, 0.2) is 74.9 Å². The number of rotatable bonds is 11. The number of nitrogens with one attached hydrogen (secondary N) is 3. The van der Waals surface area contributed by atoms with Crippen LogP contribution in [0.25, 0.3) is 0 Å². The van der Waals surface area contributed by atoms with Crippen molar-refractivity contribution < 1.29 is 44.3 Å². The molecule has 0 fully saturated rings. The number of Topliss-reactive ketones (excluding diaryl/α,β-unsaturated/α-hetero) is 2. The summed E-state index contributed by atoms with van der Waals surface area (Å²) >= 11 is 0. The van der Waals surface area contributed by atoms with E-state index in [9.17, 15) is 34.8 Å². The molecule has 0 saturated carbocycles. The summed E-state index contributed by atoms with van der Waals surface area (Å²) in [5.74, 6) is -3.94. The number of fused-ring (bicyclic) bond motifs is 2. The Morgan fingerprint density at radius 2 is 1.69 bits per heavy atom. The second-order valence-electron chi connectivity index (χ2n) is 11.8. The van der Waals surface area contributed by atoms with Crippen molar-refractivity contribution in [2.24, 2.45) is 16.2 Å². The second kappa shape index (κ2) is 12.6. The third kappa shape index (κ3) is 6.54. The highest BCUT2D eigenvalue weighted by Crippen LogP contribution is 2.43. The van der Waals surface area contributed by atoms with Crippen LogP contribution in [-0.2, 0) is 40.4 Å². The van der Waals surface area contributed by atoms with Gasteiger partial charge in [0.2, 0.25) is 20.0 Å². The van der Waals surface area contributed by atoms with E-state index in [2.05, 4.69) is 19.2 Å². The van der Waals surface area contributed by atoms with Crippen molar-refractivity contribution in [3.8, 4) is 11.5 Å². The van der Waals surface area contributed by atoms with Crippen molar-refractivity contribution in [2.45, 2.75) is 42.0 Å². The fourth-order valence-electron chi connectivity index (χ4n) is 5.75. The van der Waals surface area contributed by atoms with Crippen LogP contribution in [0, 0.1) is 11.8 Å². The molecule has 2 aliphatic rings. The highest BCUT2D eigenvalue weighted by Gasteiger charge is 2.56. The molecule has 2 atom stereocenters. The van der Waals surface area contributed by atoms with E-state index < -0.39 is 63.8 Å². The Balaban J connectivity index is 1.69. The topological polar surface area (TPSA) is 203 Å². The molecule has 0 spiro atoms. The lowest BCUT2D eigenvalue weighted by atomic mass is 9.67. The van der Waals surface area contributed by atoms with Crippen molar-refractivity contribution in [2.75, 3.05) is 30.5 Å². The molecule has 0 bridgehead atoms. The number of hydrogen-bond donors (Lipinski definition) is 3. The Morgan fingerprint density at radius 3 is 2.33 bits per heavy atom. The van der Waals surface area contributed by atoms with Gasteiger partial charge in [-0.05, 0) is 54.7 Å². The van der Waals surface area contributed by atoms with E-state index in [1.807, 2.05) is 13.8 Å². The van der Waals surface area contributed by atoms with Gasteiger partial charge in [0.05, 0.1) is 26.2 Å². The predicted molar refractivity (Wildman–Crippen MR) is 178 cm³/mol. The number of carbonyl (C=O) groups excluding carboxylic acids is 2. The van der Waals surface area contributed by atoms with E-state index in [0.717, 1.165) is 12.3 Å². The van der Waals surface area contributed by atoms with E-state index in [1.165, 1.54) is 56.7 Å². The van der Waals surface area contributed by atoms with Crippen molar-refractivity contribution >= 4 is 58.8 Å². The molecule has 1 heterocycles. The standard InChI is InChI=1S/C31H34N4O10S3/c1-18(2)14-15-31(35-48(42,43)26-17-20(44-3)11-13-24(26)45-4)22-9-7-6-8-21(22)28(36)27(29(31)37)30-32-23-12-10-19(33-46(5,38)39)16-25(23)47(40,41)34-30/h6-13,16-18,27,33,35H,14-15H2,1-5H3,(H,32,34). The molecule has 17 heteroatoms. The summed E-state index contributed by atoms with van der Waals surface area (Å²) in [5.41, 5.74) is -2.05. The molecule has 5 rings (SSSR count). The van der Waals surface area contributed by atoms with Crippen molar-refractivity contribution in [1.82, 2.24) is 4.72 Å². The molecule has 3 N–H and O–H groups in total. The van der Waals surface area contributed by atoms with Gasteiger partial charge in [-0.1, -0.05) is 38.1 Å². The first-order valence-corrected chi connectivity index (χ1v) is 19.4. The lowest BCUT2D eigenvalue weighted by molar-refractivity contribution is -0.127. The molecule has 0 amide bonds. The molecule has 1 aliphatic carbocycles. The largest absolute Gasteiger partial charge is 0.497 e. The Hall–Kier alpha value is -4.32. The van der Waals surface area contributed by atoms with E-state index in [0.29, 0.717) is 6.42 Å². The molecule has 0 aromatic heterocycles. The van der Waals surface area contributed by atoms with Gasteiger partial charge in [-0.25, -0.2) is 16.8 Å². The molecule has 0 saturated heterocycles. The molecule has 256 valence electrons. The summed E-state index contributed by atoms with van der Waals surface area (Å²) in [6.45, 7) is 3.77. The average Bonchev–Trinajstić information content (AvgIpc) is 3.01. The first-order chi connectivity index (χ1) is 22.4. The number of amidine groups is 1. The van der Waals surface area contributed by atoms with Gasteiger partial charge in [-0.15, -0.1) is 4.40 Å². The number of anilines is 2. The van der Waals surface area contributed by atoms with Crippen LogP contribution in [0.2, 0.25) is 0 Å². The fourth-order valence-corrected chi connectivity index (χ4v) is 9.06. The number of benzene rings is 3. The average molecular weight is 719 g/mol. The summed E-state index contributed by atoms with van der Waals surface area (Å²) in [4.78, 5) is 28.2. The highest BCUT2D eigenvalue weighted by atomic mass is 32.2. The van der Waals surface area contributed by atoms with Gasteiger partial charge in [-0.2, -0.15) is 13.1 Å². The van der Waals surface area contributed by atoms with Gasteiger partial charge in [0.1, 0.15) is 38.6 Å². The van der Waals surface area contributed by atoms with Crippen molar-refractivity contribution in [3.05, 3.63) is 71.8 Å². The van der Waals surface area contributed by atoms with Crippen LogP contribution in [0.3, 0.4) is 0 Å². The number of hydrogen-bond acceptors (Lipinski definition) is 11. The molecule has 48 heavy (non-hydrogen) atoms. The molecule has 14 nitrogen and oxygen atoms in total. The summed E-state index contributed by atoms with van der Waals surface area (Å²) in [7, 11) is -10.3. The SMILES string of the molecule is COc1ccc(OC)c(S(=O)(=O)NC2(CCC(C)C)C(=O)C(C3=NS(=O)(=O)c4cc(NS(C)(=O)=O)ccc4N3)C(=O)c3ccccc32)c1. The van der Waals surface area contributed by atoms with Crippen LogP contribution in [0.1, 0.15) is 42.6 Å². The van der Waals surface area contributed by atoms with Crippen LogP contribution >= 0.6 is 0 Å². The molecule has 3 aromatic carbocycles. The summed E-state index contributed by atoms with van der Waals surface area (Å²) in [6.07, 6.45) is 1.14. The normalized spacial score (nSPS) is 20.3. The van der Waals surface area contributed by atoms with Crippen LogP contribution in [-0.4, -0.2) is 63.1 Å². The molecular weight excluding hydrogens is 685 g/mol. The smallest absolute Gasteiger partial charge is 0.286 e. The zero-order valence-electron chi connectivity index (χ0n) is 26.6. The number of ether oxygens (including phenoxy) is 2. The first-order valence-electron chi connectivity index (χ1n) is 14.6. The minimum Gasteiger partial charge on any atom is -0.497 e. The van der Waals surface area contributed by atoms with Gasteiger partial charge >= 0.3 is 0 Å². The first kappa shape index (κ1) is 35.0. The number of sulfonamides is 3. The van der Waals surface area contributed by atoms with E-state index in [-0.39, 0.29) is 51.2 Å². The van der Waals surface area contributed by atoms with Gasteiger partial charge < -0.3 is 14.8 Å². The zero-order chi connectivity index (χ0) is 35.2. The van der Waals surface area contributed by atoms with Crippen LogP contribution in [0.5, 0.6) is 11.5 Å². The zero-order valence-corrected chi connectivity index (χ0v) is 29.0. The number of methoxy groups -OCH3 is 2. The maximum Gasteiger partial charge on any atom is 0.286 e. The molecular formula is C31H34N4O10S3. The lowest BCUT2D eigenvalue weighted by Gasteiger charge is -2.41. The number of carbonyl (C=O) groups is 2. The Kier molecular flexibility index (Phi) is 9.19. The van der Waals surface area contributed by atoms with Gasteiger partial charge in [0, 0.05) is 17.3 Å². The quantitative estimate of drug-likeness (QED) is 0.246. The van der Waals surface area contributed by atoms with Gasteiger partial charge in [0.25, 0.3) is 10.0 Å². The maximum absolute atomic E-state index is 14.9. The third-order valence-electron chi connectivity index (χ3n) is 7.98. The fraction of sp³-hybridized carbons (Fsp3) is 0.323. The summed E-state index contributed by atoms with van der Waals surface area (Å²) in [5, 5.41) is 2.77. The van der Waals surface area contributed by atoms with Gasteiger partial charge in [-0.3, -0.25) is 14.3 Å². The predicted octanol–water partition coefficient (Wildman–Crippen LogP) is 3.28. The van der Waals surface area contributed by atoms with Crippen LogP contribution < -0.4 is 24.2 Å². The van der Waals surface area contributed by atoms with Crippen LogP contribution in [0.4, 0.5) is 11.4 Å². The molecule has 0 radical (unpaired) electrons. The maximum atomic E-state index is 14.9. The highest BCUT2D eigenvalue weighted by molar-refractivity contribution is 7.92. The van der Waals surface area contributed by atoms with Gasteiger partial charge in [0.15, 0.2) is 11.6 Å².